The highest BCUT2D eigenvalue weighted by atomic mass is 35.5. The second-order valence-corrected chi connectivity index (χ2v) is 13.2. The molecule has 2 aromatic rings. The van der Waals surface area contributed by atoms with E-state index >= 15 is 0 Å². The first-order valence-corrected chi connectivity index (χ1v) is 16.2. The predicted octanol–water partition coefficient (Wildman–Crippen LogP) is 1.76. The Morgan fingerprint density at radius 3 is 2.63 bits per heavy atom. The van der Waals surface area contributed by atoms with E-state index in [0.29, 0.717) is 51.4 Å². The van der Waals surface area contributed by atoms with Crippen molar-refractivity contribution in [2.24, 2.45) is 5.73 Å². The van der Waals surface area contributed by atoms with E-state index in [1.165, 1.54) is 40.2 Å². The van der Waals surface area contributed by atoms with Crippen LogP contribution in [0.4, 0.5) is 0 Å². The van der Waals surface area contributed by atoms with E-state index in [1.54, 1.807) is 18.2 Å². The largest absolute Gasteiger partial charge is 0.543 e. The molecule has 41 heavy (non-hydrogen) atoms. The summed E-state index contributed by atoms with van der Waals surface area (Å²) >= 11 is 16.1. The zero-order valence-electron chi connectivity index (χ0n) is 21.5. The smallest absolute Gasteiger partial charge is 0.320 e. The molecule has 2 amide bonds. The molecule has 0 aliphatic carbocycles. The van der Waals surface area contributed by atoms with Crippen LogP contribution in [-0.2, 0) is 25.7 Å². The number of carboxylic acid groups (broad SMARTS) is 2. The molecule has 4 rings (SSSR count). The van der Waals surface area contributed by atoms with Crippen molar-refractivity contribution in [2.75, 3.05) is 17.3 Å². The highest BCUT2D eigenvalue weighted by Crippen LogP contribution is 2.41. The van der Waals surface area contributed by atoms with Crippen molar-refractivity contribution in [3.63, 3.8) is 0 Å². The van der Waals surface area contributed by atoms with Crippen LogP contribution in [0.1, 0.15) is 12.8 Å². The maximum Gasteiger partial charge on any atom is 0.320 e. The third kappa shape index (κ3) is 7.90. The maximum atomic E-state index is 12.9. The lowest BCUT2D eigenvalue weighted by atomic mass is 10.0. The topological polar surface area (TPSA) is 157 Å². The Balaban J connectivity index is 1.31. The molecule has 2 aliphatic rings. The Morgan fingerprint density at radius 1 is 1.22 bits per heavy atom. The lowest BCUT2D eigenvalue weighted by Gasteiger charge is -2.50. The van der Waals surface area contributed by atoms with Gasteiger partial charge in [0.1, 0.15) is 24.0 Å². The second kappa shape index (κ2) is 14.2. The Hall–Kier alpha value is -2.42. The number of halogens is 2. The van der Waals surface area contributed by atoms with Crippen LogP contribution in [0.2, 0.25) is 10.0 Å². The molecule has 4 N–H and O–H groups in total. The number of hydrogen-bond acceptors (Lipinski definition) is 9. The van der Waals surface area contributed by atoms with Crippen LogP contribution in [-0.4, -0.2) is 68.5 Å². The van der Waals surface area contributed by atoms with Gasteiger partial charge in [-0.15, -0.1) is 35.3 Å². The number of nitrogens with two attached hydrogens (primary N) is 1. The Bertz CT molecular complexity index is 1380. The van der Waals surface area contributed by atoms with Crippen molar-refractivity contribution in [2.45, 2.75) is 46.6 Å². The van der Waals surface area contributed by atoms with Crippen molar-refractivity contribution >= 4 is 82.2 Å². The third-order valence-electron chi connectivity index (χ3n) is 6.33. The number of nitrogens with one attached hydrogen (secondary N) is 1. The lowest BCUT2D eigenvalue weighted by Crippen LogP contribution is -2.71. The summed E-state index contributed by atoms with van der Waals surface area (Å²) in [5.41, 5.74) is 5.96. The van der Waals surface area contributed by atoms with E-state index in [0.717, 1.165) is 4.90 Å². The van der Waals surface area contributed by atoms with Crippen molar-refractivity contribution in [3.05, 3.63) is 64.0 Å². The molecule has 218 valence electrons. The molecule has 3 atom stereocenters. The fourth-order valence-corrected chi connectivity index (χ4v) is 7.88. The first-order valence-electron chi connectivity index (χ1n) is 12.4. The van der Waals surface area contributed by atoms with Crippen LogP contribution >= 0.6 is 58.5 Å². The number of hydrogen-bond donors (Lipinski definition) is 3. The monoisotopic (exact) mass is 656 g/mol. The number of β-lactam (4-membered cyclic amide) rings is 1. The van der Waals surface area contributed by atoms with Gasteiger partial charge < -0.3 is 26.1 Å². The van der Waals surface area contributed by atoms with Gasteiger partial charge in [-0.1, -0.05) is 23.2 Å². The summed E-state index contributed by atoms with van der Waals surface area (Å²) in [5.74, 6) is -2.59. The zero-order valence-corrected chi connectivity index (χ0v) is 25.4. The molecule has 1 fully saturated rings. The van der Waals surface area contributed by atoms with Gasteiger partial charge in [-0.3, -0.25) is 19.3 Å². The number of aliphatic carboxylic acids is 2. The molecule has 0 bridgehead atoms. The van der Waals surface area contributed by atoms with Crippen molar-refractivity contribution in [3.8, 4) is 0 Å². The van der Waals surface area contributed by atoms with E-state index in [-0.39, 0.29) is 17.4 Å². The molecule has 10 nitrogen and oxygen atoms in total. The molecule has 1 aromatic heterocycles. The number of fused-ring (bicyclic) bond motifs is 1. The number of aryl methyl sites for hydroxylation is 1. The number of benzene rings is 1. The van der Waals surface area contributed by atoms with Crippen LogP contribution in [0.5, 0.6) is 0 Å². The summed E-state index contributed by atoms with van der Waals surface area (Å²) in [6.45, 7) is 0.617. The summed E-state index contributed by atoms with van der Waals surface area (Å²) in [4.78, 5) is 51.1. The third-order valence-corrected chi connectivity index (χ3v) is 10.5. The molecular formula is C26H26Cl2N4O6S3. The van der Waals surface area contributed by atoms with Crippen molar-refractivity contribution in [1.29, 1.82) is 0 Å². The first kappa shape index (κ1) is 31.5. The summed E-state index contributed by atoms with van der Waals surface area (Å²) in [6, 6.07) is 6.99. The van der Waals surface area contributed by atoms with Gasteiger partial charge in [0, 0.05) is 44.9 Å². The van der Waals surface area contributed by atoms with Crippen molar-refractivity contribution < 1.29 is 34.0 Å². The Labute approximate surface area is 259 Å². The van der Waals surface area contributed by atoms with Gasteiger partial charge in [0.2, 0.25) is 5.91 Å². The highest BCUT2D eigenvalue weighted by Gasteiger charge is 2.52. The molecule has 0 saturated carbocycles. The minimum absolute atomic E-state index is 0.0131. The molecule has 15 heteroatoms. The molecule has 1 saturated heterocycles. The summed E-state index contributed by atoms with van der Waals surface area (Å²) in [5, 5.41) is 24.1. The van der Waals surface area contributed by atoms with Gasteiger partial charge in [-0.25, -0.2) is 4.57 Å². The van der Waals surface area contributed by atoms with Gasteiger partial charge in [0.25, 0.3) is 5.91 Å². The van der Waals surface area contributed by atoms with Gasteiger partial charge in [-0.2, -0.15) is 0 Å². The minimum Gasteiger partial charge on any atom is -0.543 e. The van der Waals surface area contributed by atoms with E-state index in [2.05, 4.69) is 5.32 Å². The van der Waals surface area contributed by atoms with Gasteiger partial charge in [0.15, 0.2) is 12.4 Å². The quantitative estimate of drug-likeness (QED) is 0.165. The van der Waals surface area contributed by atoms with E-state index in [9.17, 15) is 24.3 Å². The second-order valence-electron chi connectivity index (χ2n) is 9.21. The van der Waals surface area contributed by atoms with Crippen LogP contribution in [0.3, 0.4) is 0 Å². The predicted molar refractivity (Wildman–Crippen MR) is 156 cm³/mol. The Morgan fingerprint density at radius 2 is 1.95 bits per heavy atom. The number of carbonyl (C=O) groups is 4. The average molecular weight is 658 g/mol. The minimum atomic E-state index is -1.43. The number of carboxylic acids is 2. The van der Waals surface area contributed by atoms with Crippen LogP contribution < -0.4 is 20.7 Å². The molecule has 0 radical (unpaired) electrons. The van der Waals surface area contributed by atoms with Crippen LogP contribution in [0.15, 0.2) is 63.8 Å². The Kier molecular flexibility index (Phi) is 10.9. The van der Waals surface area contributed by atoms with Gasteiger partial charge in [0.05, 0.1) is 22.4 Å². The summed E-state index contributed by atoms with van der Waals surface area (Å²) < 4.78 is 1.92. The number of pyridine rings is 1. The molecule has 2 aliphatic heterocycles. The number of amides is 2. The molecule has 3 heterocycles. The first-order chi connectivity index (χ1) is 19.5. The van der Waals surface area contributed by atoms with Gasteiger partial charge >= 0.3 is 5.97 Å². The number of carbonyl (C=O) groups excluding carboxylic acids is 3. The SMILES string of the molecule is NC(CCC[n+]1ccc(SCC2=C(C(=O)[O-])N3C(=O)[C@@H](NC(=O)CSc4cc(Cl)ccc4Cl)[C@H]3SC2)cc1)C(=O)O. The average Bonchev–Trinajstić information content (AvgIpc) is 2.95. The number of aromatic nitrogens is 1. The highest BCUT2D eigenvalue weighted by molar-refractivity contribution is 8.01. The van der Waals surface area contributed by atoms with Crippen LogP contribution in [0.25, 0.3) is 0 Å². The fraction of sp³-hybridized carbons (Fsp3) is 0.346. The molecule has 1 aromatic carbocycles. The number of rotatable bonds is 13. The van der Waals surface area contributed by atoms with E-state index in [4.69, 9.17) is 34.0 Å². The fourth-order valence-electron chi connectivity index (χ4n) is 4.21. The molecule has 0 spiro atoms. The van der Waals surface area contributed by atoms with Crippen LogP contribution in [0, 0.1) is 0 Å². The lowest BCUT2D eigenvalue weighted by molar-refractivity contribution is -0.697. The standard InChI is InChI=1S/C26H26Cl2N4O6S3/c27-15-3-4-17(28)19(10-15)40-13-20(33)30-21-23(34)32-22(26(37)38)14(12-41-24(21)32)11-39-16-5-8-31(9-6-16)7-1-2-18(29)25(35)36/h3-6,8-10,18,21,24H,1-2,7,11-13,29H2,(H2-,30,33,35,36,37,38)/t18?,21-,24-/m1/s1. The van der Waals surface area contributed by atoms with Crippen molar-refractivity contribution in [1.82, 2.24) is 10.2 Å². The zero-order chi connectivity index (χ0) is 29.7. The summed E-state index contributed by atoms with van der Waals surface area (Å²) in [7, 11) is 0. The maximum absolute atomic E-state index is 12.9. The molecular weight excluding hydrogens is 631 g/mol. The molecule has 1 unspecified atom stereocenters. The van der Waals surface area contributed by atoms with E-state index in [1.807, 2.05) is 29.1 Å². The number of thioether (sulfide) groups is 3. The normalized spacial score (nSPS) is 18.9. The van der Waals surface area contributed by atoms with E-state index < -0.39 is 35.3 Å². The number of nitrogens with zero attached hydrogens (tertiary/aromatic N) is 2. The summed E-state index contributed by atoms with van der Waals surface area (Å²) in [6.07, 6.45) is 4.71. The van der Waals surface area contributed by atoms with Gasteiger partial charge in [-0.05, 0) is 30.2 Å².